The van der Waals surface area contributed by atoms with Crippen molar-refractivity contribution in [2.75, 3.05) is 26.2 Å². The number of piperazine rings is 1. The quantitative estimate of drug-likeness (QED) is 0.857. The second-order valence-corrected chi connectivity index (χ2v) is 6.30. The Balaban J connectivity index is 1.84. The van der Waals surface area contributed by atoms with Crippen LogP contribution in [0.1, 0.15) is 36.3 Å². The third-order valence-corrected chi connectivity index (χ3v) is 4.60. The third-order valence-electron chi connectivity index (χ3n) is 4.60. The van der Waals surface area contributed by atoms with Gasteiger partial charge in [0.2, 0.25) is 5.91 Å². The van der Waals surface area contributed by atoms with Crippen LogP contribution in [0.2, 0.25) is 0 Å². The van der Waals surface area contributed by atoms with Crippen LogP contribution in [0.5, 0.6) is 0 Å². The predicted molar refractivity (Wildman–Crippen MR) is 95.7 cm³/mol. The Bertz CT molecular complexity index is 746. The average molecular weight is 340 g/mol. The Kier molecular flexibility index (Phi) is 5.16. The second-order valence-electron chi connectivity index (χ2n) is 6.30. The first-order chi connectivity index (χ1) is 12.1. The van der Waals surface area contributed by atoms with E-state index in [2.05, 4.69) is 12.0 Å². The lowest BCUT2D eigenvalue weighted by Gasteiger charge is -2.34. The topological polar surface area (TPSA) is 58.4 Å². The number of carbonyl (C=O) groups is 2. The van der Waals surface area contributed by atoms with Gasteiger partial charge in [-0.3, -0.25) is 9.59 Å². The molecule has 0 unspecified atom stereocenters. The lowest BCUT2D eigenvalue weighted by atomic mass is 10.1. The molecule has 0 radical (unpaired) electrons. The van der Waals surface area contributed by atoms with E-state index in [-0.39, 0.29) is 11.8 Å². The highest BCUT2D eigenvalue weighted by atomic mass is 16.2. The van der Waals surface area contributed by atoms with Gasteiger partial charge < -0.3 is 9.80 Å². The van der Waals surface area contributed by atoms with Gasteiger partial charge in [0.05, 0.1) is 23.1 Å². The highest BCUT2D eigenvalue weighted by Gasteiger charge is 2.26. The van der Waals surface area contributed by atoms with Crippen LogP contribution in [0.25, 0.3) is 5.69 Å². The summed E-state index contributed by atoms with van der Waals surface area (Å²) >= 11 is 0. The summed E-state index contributed by atoms with van der Waals surface area (Å²) in [6.07, 6.45) is 3.41. The summed E-state index contributed by atoms with van der Waals surface area (Å²) in [4.78, 5) is 28.0. The Morgan fingerprint density at radius 3 is 2.28 bits per heavy atom. The number of para-hydroxylation sites is 1. The molecular formula is C19H24N4O2. The van der Waals surface area contributed by atoms with E-state index in [4.69, 9.17) is 0 Å². The number of aromatic nitrogens is 2. The van der Waals surface area contributed by atoms with Crippen LogP contribution >= 0.6 is 0 Å². The summed E-state index contributed by atoms with van der Waals surface area (Å²) in [5.74, 6) is 0.0736. The summed E-state index contributed by atoms with van der Waals surface area (Å²) in [7, 11) is 0. The maximum absolute atomic E-state index is 13.0. The van der Waals surface area contributed by atoms with Gasteiger partial charge in [-0.25, -0.2) is 4.68 Å². The molecule has 132 valence electrons. The van der Waals surface area contributed by atoms with Crippen molar-refractivity contribution in [2.45, 2.75) is 26.7 Å². The van der Waals surface area contributed by atoms with Crippen LogP contribution in [-0.4, -0.2) is 57.6 Å². The molecule has 2 heterocycles. The molecule has 0 N–H and O–H groups in total. The molecule has 6 nitrogen and oxygen atoms in total. The summed E-state index contributed by atoms with van der Waals surface area (Å²) in [6.45, 7) is 6.00. The number of amides is 2. The average Bonchev–Trinajstić information content (AvgIpc) is 3.06. The third kappa shape index (κ3) is 3.57. The van der Waals surface area contributed by atoms with Gasteiger partial charge in [0.1, 0.15) is 0 Å². The fourth-order valence-electron chi connectivity index (χ4n) is 3.22. The van der Waals surface area contributed by atoms with Gasteiger partial charge in [0.15, 0.2) is 0 Å². The Morgan fingerprint density at radius 1 is 1.04 bits per heavy atom. The standard InChI is InChI=1S/C19H24N4O2/c1-3-7-18-17(14-20-23(18)16-8-5-4-6-9-16)19(25)22-12-10-21(11-13-22)15(2)24/h4-6,8-9,14H,3,7,10-13H2,1-2H3. The maximum Gasteiger partial charge on any atom is 0.257 e. The van der Waals surface area contributed by atoms with Crippen LogP contribution in [0, 0.1) is 0 Å². The molecule has 1 aliphatic rings. The van der Waals surface area contributed by atoms with Gasteiger partial charge in [-0.05, 0) is 18.6 Å². The van der Waals surface area contributed by atoms with Gasteiger partial charge in [0.25, 0.3) is 5.91 Å². The number of rotatable bonds is 4. The van der Waals surface area contributed by atoms with E-state index in [9.17, 15) is 9.59 Å². The fourth-order valence-corrected chi connectivity index (χ4v) is 3.22. The van der Waals surface area contributed by atoms with Crippen molar-refractivity contribution in [3.8, 4) is 5.69 Å². The molecule has 0 aliphatic carbocycles. The normalized spacial score (nSPS) is 14.6. The Hall–Kier alpha value is -2.63. The van der Waals surface area contributed by atoms with Gasteiger partial charge in [-0.2, -0.15) is 5.10 Å². The molecule has 2 aromatic rings. The fraction of sp³-hybridized carbons (Fsp3) is 0.421. The lowest BCUT2D eigenvalue weighted by Crippen LogP contribution is -2.50. The van der Waals surface area contributed by atoms with E-state index in [1.54, 1.807) is 18.0 Å². The molecule has 1 aromatic carbocycles. The van der Waals surface area contributed by atoms with E-state index in [0.29, 0.717) is 31.7 Å². The number of benzene rings is 1. The van der Waals surface area contributed by atoms with Crippen molar-refractivity contribution in [3.63, 3.8) is 0 Å². The van der Waals surface area contributed by atoms with Crippen LogP contribution < -0.4 is 0 Å². The molecule has 0 bridgehead atoms. The molecular weight excluding hydrogens is 316 g/mol. The highest BCUT2D eigenvalue weighted by Crippen LogP contribution is 2.19. The Labute approximate surface area is 148 Å². The first kappa shape index (κ1) is 17.2. The monoisotopic (exact) mass is 340 g/mol. The SMILES string of the molecule is CCCc1c(C(=O)N2CCN(C(C)=O)CC2)cnn1-c1ccccc1. The zero-order chi connectivity index (χ0) is 17.8. The number of hydrogen-bond donors (Lipinski definition) is 0. The van der Waals surface area contributed by atoms with Gasteiger partial charge >= 0.3 is 0 Å². The van der Waals surface area contributed by atoms with Crippen LogP contribution in [0.4, 0.5) is 0 Å². The zero-order valence-corrected chi connectivity index (χ0v) is 14.8. The number of nitrogens with zero attached hydrogens (tertiary/aromatic N) is 4. The highest BCUT2D eigenvalue weighted by molar-refractivity contribution is 5.95. The van der Waals surface area contributed by atoms with Crippen molar-refractivity contribution in [2.24, 2.45) is 0 Å². The van der Waals surface area contributed by atoms with Crippen LogP contribution in [0.3, 0.4) is 0 Å². The molecule has 1 saturated heterocycles. The van der Waals surface area contributed by atoms with Crippen molar-refractivity contribution in [3.05, 3.63) is 47.8 Å². The van der Waals surface area contributed by atoms with Gasteiger partial charge in [0, 0.05) is 33.1 Å². The molecule has 6 heteroatoms. The molecule has 1 fully saturated rings. The first-order valence-electron chi connectivity index (χ1n) is 8.79. The van der Waals surface area contributed by atoms with E-state index in [1.165, 1.54) is 0 Å². The molecule has 1 aliphatic heterocycles. The van der Waals surface area contributed by atoms with Crippen molar-refractivity contribution < 1.29 is 9.59 Å². The molecule has 2 amide bonds. The summed E-state index contributed by atoms with van der Waals surface area (Å²) < 4.78 is 1.86. The van der Waals surface area contributed by atoms with Gasteiger partial charge in [-0.1, -0.05) is 31.5 Å². The minimum absolute atomic E-state index is 0.00818. The largest absolute Gasteiger partial charge is 0.339 e. The smallest absolute Gasteiger partial charge is 0.257 e. The second kappa shape index (κ2) is 7.51. The lowest BCUT2D eigenvalue weighted by molar-refractivity contribution is -0.130. The van der Waals surface area contributed by atoms with E-state index >= 15 is 0 Å². The summed E-state index contributed by atoms with van der Waals surface area (Å²) in [5, 5.41) is 4.47. The number of hydrogen-bond acceptors (Lipinski definition) is 3. The van der Waals surface area contributed by atoms with E-state index < -0.39 is 0 Å². The first-order valence-corrected chi connectivity index (χ1v) is 8.79. The van der Waals surface area contributed by atoms with Crippen LogP contribution in [0.15, 0.2) is 36.5 Å². The van der Waals surface area contributed by atoms with Crippen LogP contribution in [-0.2, 0) is 11.2 Å². The maximum atomic E-state index is 13.0. The van der Waals surface area contributed by atoms with E-state index in [1.807, 2.05) is 39.9 Å². The van der Waals surface area contributed by atoms with Crippen molar-refractivity contribution in [1.29, 1.82) is 0 Å². The molecule has 0 spiro atoms. The molecule has 0 saturated carbocycles. The predicted octanol–water partition coefficient (Wildman–Crippen LogP) is 2.13. The minimum Gasteiger partial charge on any atom is -0.339 e. The zero-order valence-electron chi connectivity index (χ0n) is 14.8. The van der Waals surface area contributed by atoms with Crippen molar-refractivity contribution in [1.82, 2.24) is 19.6 Å². The molecule has 25 heavy (non-hydrogen) atoms. The molecule has 3 rings (SSSR count). The summed E-state index contributed by atoms with van der Waals surface area (Å²) in [5.41, 5.74) is 2.58. The molecule has 1 aromatic heterocycles. The Morgan fingerprint density at radius 2 is 1.68 bits per heavy atom. The molecule has 0 atom stereocenters. The van der Waals surface area contributed by atoms with Gasteiger partial charge in [-0.15, -0.1) is 0 Å². The summed E-state index contributed by atoms with van der Waals surface area (Å²) in [6, 6.07) is 9.88. The number of carbonyl (C=O) groups excluding carboxylic acids is 2. The minimum atomic E-state index is 0.00818. The van der Waals surface area contributed by atoms with E-state index in [0.717, 1.165) is 24.2 Å². The van der Waals surface area contributed by atoms with Crippen molar-refractivity contribution >= 4 is 11.8 Å².